The number of anilines is 1. The molecule has 11 heteroatoms. The second kappa shape index (κ2) is 18.0. The van der Waals surface area contributed by atoms with Gasteiger partial charge in [0.15, 0.2) is 0 Å². The Kier molecular flexibility index (Phi) is 15.2. The predicted octanol–water partition coefficient (Wildman–Crippen LogP) is 3.81. The normalized spacial score (nSPS) is 21.0. The van der Waals surface area contributed by atoms with E-state index in [0.29, 0.717) is 43.1 Å². The molecule has 0 saturated heterocycles. The molecule has 0 fully saturated rings. The van der Waals surface area contributed by atoms with Crippen LogP contribution in [0, 0.1) is 5.92 Å². The van der Waals surface area contributed by atoms with Gasteiger partial charge < -0.3 is 39.9 Å². The van der Waals surface area contributed by atoms with Crippen LogP contribution < -0.4 is 15.4 Å². The molecule has 4 atom stereocenters. The van der Waals surface area contributed by atoms with Gasteiger partial charge in [-0.2, -0.15) is 0 Å². The molecular formula is C32H55N5O6. The first kappa shape index (κ1) is 36.3. The molecule has 1 aliphatic heterocycles. The van der Waals surface area contributed by atoms with E-state index >= 15 is 0 Å². The molecule has 0 saturated carbocycles. The lowest BCUT2D eigenvalue weighted by Crippen LogP contribution is -2.49. The highest BCUT2D eigenvalue weighted by atomic mass is 16.5. The number of aliphatic hydroxyl groups excluding tert-OH is 1. The second-order valence-corrected chi connectivity index (χ2v) is 12.5. The summed E-state index contributed by atoms with van der Waals surface area (Å²) in [5, 5.41) is 16.0. The van der Waals surface area contributed by atoms with Gasteiger partial charge in [0.05, 0.1) is 30.4 Å². The van der Waals surface area contributed by atoms with Crippen molar-refractivity contribution < 1.29 is 29.0 Å². The summed E-state index contributed by atoms with van der Waals surface area (Å²) in [6.07, 6.45) is 3.10. The maximum absolute atomic E-state index is 14.2. The highest BCUT2D eigenvalue weighted by molar-refractivity contribution is 5.99. The fourth-order valence-corrected chi connectivity index (χ4v) is 4.95. The Hall–Kier alpha value is -2.89. The Labute approximate surface area is 258 Å². The maximum Gasteiger partial charge on any atom is 0.317 e. The summed E-state index contributed by atoms with van der Waals surface area (Å²) in [4.78, 5) is 44.8. The summed E-state index contributed by atoms with van der Waals surface area (Å²) < 4.78 is 12.6. The minimum atomic E-state index is -0.486. The van der Waals surface area contributed by atoms with Crippen LogP contribution in [0.1, 0.15) is 77.1 Å². The van der Waals surface area contributed by atoms with Crippen molar-refractivity contribution in [1.82, 2.24) is 20.0 Å². The van der Waals surface area contributed by atoms with Crippen LogP contribution in [0.5, 0.6) is 5.75 Å². The third-order valence-electron chi connectivity index (χ3n) is 7.56. The Morgan fingerprint density at radius 2 is 1.86 bits per heavy atom. The molecule has 43 heavy (non-hydrogen) atoms. The molecule has 0 spiro atoms. The predicted molar refractivity (Wildman–Crippen MR) is 170 cm³/mol. The van der Waals surface area contributed by atoms with Crippen LogP contribution >= 0.6 is 0 Å². The van der Waals surface area contributed by atoms with Crippen molar-refractivity contribution in [2.45, 2.75) is 91.0 Å². The zero-order valence-corrected chi connectivity index (χ0v) is 27.5. The van der Waals surface area contributed by atoms with E-state index in [0.717, 1.165) is 32.2 Å². The first-order valence-electron chi connectivity index (χ1n) is 15.6. The maximum atomic E-state index is 14.2. The monoisotopic (exact) mass is 605 g/mol. The second-order valence-electron chi connectivity index (χ2n) is 12.5. The lowest BCUT2D eigenvalue weighted by molar-refractivity contribution is -0.116. The topological polar surface area (TPSA) is 124 Å². The van der Waals surface area contributed by atoms with Gasteiger partial charge in [0, 0.05) is 50.8 Å². The zero-order valence-electron chi connectivity index (χ0n) is 27.5. The number of carbonyl (C=O) groups excluding carboxylic acids is 3. The number of nitrogens with one attached hydrogen (secondary N) is 2. The highest BCUT2D eigenvalue weighted by Crippen LogP contribution is 2.28. The average Bonchev–Trinajstić information content (AvgIpc) is 2.93. The van der Waals surface area contributed by atoms with Crippen LogP contribution in [0.4, 0.5) is 10.5 Å². The van der Waals surface area contributed by atoms with E-state index in [1.807, 2.05) is 46.7 Å². The number of hydrogen-bond donors (Lipinski definition) is 3. The third kappa shape index (κ3) is 12.3. The molecule has 0 unspecified atom stereocenters. The number of rotatable bonds is 10. The van der Waals surface area contributed by atoms with Gasteiger partial charge in [-0.15, -0.1) is 0 Å². The van der Waals surface area contributed by atoms with Gasteiger partial charge in [0.25, 0.3) is 5.91 Å². The standard InChI is InChI=1S/C32H55N5O6/c1-22(2)33-32(41)36(8)20-29-23(3)19-37(24(4)21-38)31(40)27-18-26(34-30(39)13-11-16-35(6)7)14-15-28(27)43-25(5)12-9-10-17-42-29/h14-15,18,22-25,29,38H,9-13,16-17,19-21H2,1-8H3,(H,33,41)(H,34,39)/t23-,24+,25+,29-/m1/s1. The van der Waals surface area contributed by atoms with Crippen LogP contribution in [-0.4, -0.2) is 116 Å². The van der Waals surface area contributed by atoms with E-state index in [9.17, 15) is 19.5 Å². The van der Waals surface area contributed by atoms with E-state index in [1.165, 1.54) is 0 Å². The average molecular weight is 606 g/mol. The SMILES string of the molecule is CC(C)NC(=O)N(C)C[C@H]1OCCCC[C@H](C)Oc2ccc(NC(=O)CCCN(C)C)cc2C(=O)N([C@@H](C)CO)C[C@H]1C. The molecule has 3 N–H and O–H groups in total. The van der Waals surface area contributed by atoms with Crippen LogP contribution in [-0.2, 0) is 9.53 Å². The van der Waals surface area contributed by atoms with Crippen LogP contribution in [0.3, 0.4) is 0 Å². The molecule has 1 heterocycles. The van der Waals surface area contributed by atoms with Crippen molar-refractivity contribution in [3.05, 3.63) is 23.8 Å². The van der Waals surface area contributed by atoms with Crippen LogP contribution in [0.15, 0.2) is 18.2 Å². The van der Waals surface area contributed by atoms with E-state index < -0.39 is 6.04 Å². The Bertz CT molecular complexity index is 1040. The summed E-state index contributed by atoms with van der Waals surface area (Å²) in [6, 6.07) is 4.51. The molecule has 1 aromatic carbocycles. The van der Waals surface area contributed by atoms with E-state index in [1.54, 1.807) is 42.0 Å². The molecule has 1 aliphatic rings. The minimum Gasteiger partial charge on any atom is -0.490 e. The van der Waals surface area contributed by atoms with Crippen molar-refractivity contribution in [2.24, 2.45) is 5.92 Å². The van der Waals surface area contributed by atoms with Gasteiger partial charge in [-0.1, -0.05) is 6.92 Å². The summed E-state index contributed by atoms with van der Waals surface area (Å²) in [7, 11) is 5.67. The molecule has 244 valence electrons. The molecule has 0 aromatic heterocycles. The van der Waals surface area contributed by atoms with E-state index in [2.05, 4.69) is 10.6 Å². The number of benzene rings is 1. The number of hydrogen-bond acceptors (Lipinski definition) is 7. The number of aliphatic hydroxyl groups is 1. The van der Waals surface area contributed by atoms with E-state index in [-0.39, 0.29) is 48.6 Å². The van der Waals surface area contributed by atoms with E-state index in [4.69, 9.17) is 9.47 Å². The number of carbonyl (C=O) groups is 3. The quantitative estimate of drug-likeness (QED) is 0.371. The number of ether oxygens (including phenoxy) is 2. The Morgan fingerprint density at radius 3 is 2.51 bits per heavy atom. The number of fused-ring (bicyclic) bond motifs is 1. The number of urea groups is 1. The third-order valence-corrected chi connectivity index (χ3v) is 7.56. The van der Waals surface area contributed by atoms with Crippen molar-refractivity contribution in [3.8, 4) is 5.75 Å². The van der Waals surface area contributed by atoms with Gasteiger partial charge in [-0.3, -0.25) is 9.59 Å². The zero-order chi connectivity index (χ0) is 32.1. The van der Waals surface area contributed by atoms with Crippen molar-refractivity contribution >= 4 is 23.5 Å². The number of likely N-dealkylation sites (N-methyl/N-ethyl adjacent to an activating group) is 1. The first-order chi connectivity index (χ1) is 20.3. The Morgan fingerprint density at radius 1 is 1.14 bits per heavy atom. The first-order valence-corrected chi connectivity index (χ1v) is 15.6. The van der Waals surface area contributed by atoms with Crippen LogP contribution in [0.25, 0.3) is 0 Å². The summed E-state index contributed by atoms with van der Waals surface area (Å²) >= 11 is 0. The summed E-state index contributed by atoms with van der Waals surface area (Å²) in [6.45, 7) is 11.3. The van der Waals surface area contributed by atoms with Gasteiger partial charge in [0.1, 0.15) is 5.75 Å². The summed E-state index contributed by atoms with van der Waals surface area (Å²) in [5.41, 5.74) is 0.844. The fraction of sp³-hybridized carbons (Fsp3) is 0.719. The Balaban J connectivity index is 2.39. The highest BCUT2D eigenvalue weighted by Gasteiger charge is 2.31. The lowest BCUT2D eigenvalue weighted by atomic mass is 10.0. The fourth-order valence-electron chi connectivity index (χ4n) is 4.95. The number of nitrogens with zero attached hydrogens (tertiary/aromatic N) is 3. The molecule has 4 amide bonds. The molecule has 2 rings (SSSR count). The molecule has 1 aromatic rings. The molecular weight excluding hydrogens is 550 g/mol. The van der Waals surface area contributed by atoms with Gasteiger partial charge in [-0.25, -0.2) is 4.79 Å². The lowest BCUT2D eigenvalue weighted by Gasteiger charge is -2.36. The molecule has 0 bridgehead atoms. The van der Waals surface area contributed by atoms with Crippen LogP contribution in [0.2, 0.25) is 0 Å². The van der Waals surface area contributed by atoms with Gasteiger partial charge in [-0.05, 0) is 92.2 Å². The largest absolute Gasteiger partial charge is 0.490 e. The summed E-state index contributed by atoms with van der Waals surface area (Å²) in [5.74, 6) is -0.135. The van der Waals surface area contributed by atoms with Crippen molar-refractivity contribution in [3.63, 3.8) is 0 Å². The smallest absolute Gasteiger partial charge is 0.317 e. The molecule has 0 aliphatic carbocycles. The molecule has 11 nitrogen and oxygen atoms in total. The van der Waals surface area contributed by atoms with Gasteiger partial charge >= 0.3 is 6.03 Å². The van der Waals surface area contributed by atoms with Crippen molar-refractivity contribution in [1.29, 1.82) is 0 Å². The van der Waals surface area contributed by atoms with Crippen molar-refractivity contribution in [2.75, 3.05) is 59.3 Å². The number of amides is 4. The van der Waals surface area contributed by atoms with Gasteiger partial charge in [0.2, 0.25) is 5.91 Å². The molecule has 0 radical (unpaired) electrons. The minimum absolute atomic E-state index is 0.00722.